The van der Waals surface area contributed by atoms with Gasteiger partial charge in [0.2, 0.25) is 0 Å². The fourth-order valence-corrected chi connectivity index (χ4v) is 2.87. The fraction of sp³-hybridized carbons (Fsp3) is 0.667. The molecular weight excluding hydrogens is 304 g/mol. The molecule has 106 valence electrons. The van der Waals surface area contributed by atoms with Crippen LogP contribution < -0.4 is 0 Å². The number of amides is 1. The van der Waals surface area contributed by atoms with Gasteiger partial charge >= 0.3 is 0 Å². The second kappa shape index (κ2) is 6.12. The van der Waals surface area contributed by atoms with Crippen molar-refractivity contribution in [2.45, 2.75) is 52.6 Å². The first-order valence-corrected chi connectivity index (χ1v) is 7.98. The van der Waals surface area contributed by atoms with E-state index in [9.17, 15) is 4.79 Å². The summed E-state index contributed by atoms with van der Waals surface area (Å²) in [5, 5.41) is 0. The zero-order valence-corrected chi connectivity index (χ0v) is 13.6. The molecule has 1 aliphatic rings. The number of nitrogens with zero attached hydrogens (tertiary/aromatic N) is 2. The SMILES string of the molecule is CCCn1cc(Br)cc1C(=O)N(CC(C)C)C1CC1. The van der Waals surface area contributed by atoms with Crippen LogP contribution in [0.3, 0.4) is 0 Å². The number of carbonyl (C=O) groups is 1. The number of halogens is 1. The second-order valence-electron chi connectivity index (χ2n) is 5.82. The highest BCUT2D eigenvalue weighted by Gasteiger charge is 2.34. The van der Waals surface area contributed by atoms with E-state index in [0.29, 0.717) is 12.0 Å². The molecule has 3 nitrogen and oxygen atoms in total. The first-order valence-electron chi connectivity index (χ1n) is 7.19. The first kappa shape index (κ1) is 14.6. The summed E-state index contributed by atoms with van der Waals surface area (Å²) in [6.07, 6.45) is 5.37. The monoisotopic (exact) mass is 326 g/mol. The van der Waals surface area contributed by atoms with Gasteiger partial charge in [-0.15, -0.1) is 0 Å². The average Bonchev–Trinajstić information content (AvgIpc) is 3.10. The Bertz CT molecular complexity index is 449. The van der Waals surface area contributed by atoms with Crippen LogP contribution in [0.4, 0.5) is 0 Å². The van der Waals surface area contributed by atoms with Crippen LogP contribution >= 0.6 is 15.9 Å². The van der Waals surface area contributed by atoms with Crippen LogP contribution in [0.25, 0.3) is 0 Å². The van der Waals surface area contributed by atoms with Crippen LogP contribution in [0.1, 0.15) is 50.5 Å². The van der Waals surface area contributed by atoms with Crippen molar-refractivity contribution in [3.63, 3.8) is 0 Å². The molecule has 2 rings (SSSR count). The minimum absolute atomic E-state index is 0.190. The van der Waals surface area contributed by atoms with E-state index in [2.05, 4.69) is 46.2 Å². The summed E-state index contributed by atoms with van der Waals surface area (Å²) in [4.78, 5) is 14.8. The quantitative estimate of drug-likeness (QED) is 0.777. The van der Waals surface area contributed by atoms with Gasteiger partial charge in [0, 0.05) is 29.8 Å². The van der Waals surface area contributed by atoms with Gasteiger partial charge in [0.15, 0.2) is 0 Å². The summed E-state index contributed by atoms with van der Waals surface area (Å²) in [6, 6.07) is 2.42. The number of aryl methyl sites for hydroxylation is 1. The van der Waals surface area contributed by atoms with E-state index >= 15 is 0 Å². The normalized spacial score (nSPS) is 15.0. The number of aromatic nitrogens is 1. The standard InChI is InChI=1S/C15H23BrN2O/c1-4-7-17-10-12(16)8-14(17)15(19)18(9-11(2)3)13-5-6-13/h8,10-11,13H,4-7,9H2,1-3H3. The lowest BCUT2D eigenvalue weighted by Gasteiger charge is -2.25. The summed E-state index contributed by atoms with van der Waals surface area (Å²) < 4.78 is 3.06. The maximum Gasteiger partial charge on any atom is 0.270 e. The molecule has 0 unspecified atom stereocenters. The van der Waals surface area contributed by atoms with E-state index in [1.807, 2.05) is 12.3 Å². The Hall–Kier alpha value is -0.770. The largest absolute Gasteiger partial charge is 0.342 e. The average molecular weight is 327 g/mol. The Morgan fingerprint density at radius 1 is 1.53 bits per heavy atom. The molecule has 1 aromatic rings. The van der Waals surface area contributed by atoms with Crippen molar-refractivity contribution in [2.75, 3.05) is 6.54 Å². The molecule has 1 heterocycles. The molecule has 1 saturated carbocycles. The molecule has 0 aromatic carbocycles. The molecule has 0 radical (unpaired) electrons. The summed E-state index contributed by atoms with van der Waals surface area (Å²) in [5.41, 5.74) is 0.821. The molecule has 1 amide bonds. The maximum absolute atomic E-state index is 12.8. The van der Waals surface area contributed by atoms with Gasteiger partial charge < -0.3 is 9.47 Å². The van der Waals surface area contributed by atoms with Crippen LogP contribution in [0.5, 0.6) is 0 Å². The van der Waals surface area contributed by atoms with Gasteiger partial charge in [0.1, 0.15) is 5.69 Å². The molecule has 0 spiro atoms. The van der Waals surface area contributed by atoms with E-state index < -0.39 is 0 Å². The summed E-state index contributed by atoms with van der Waals surface area (Å²) in [7, 11) is 0. The molecular formula is C15H23BrN2O. The van der Waals surface area contributed by atoms with Gasteiger partial charge in [0.05, 0.1) is 0 Å². The van der Waals surface area contributed by atoms with Gasteiger partial charge in [-0.1, -0.05) is 20.8 Å². The van der Waals surface area contributed by atoms with Crippen LogP contribution in [-0.4, -0.2) is 28.0 Å². The first-order chi connectivity index (χ1) is 9.02. The molecule has 0 aliphatic heterocycles. The third-order valence-electron chi connectivity index (χ3n) is 3.36. The minimum Gasteiger partial charge on any atom is -0.342 e. The summed E-state index contributed by atoms with van der Waals surface area (Å²) in [6.45, 7) is 8.23. The van der Waals surface area contributed by atoms with E-state index in [4.69, 9.17) is 0 Å². The molecule has 0 atom stereocenters. The van der Waals surface area contributed by atoms with Crippen LogP contribution in [0, 0.1) is 5.92 Å². The highest BCUT2D eigenvalue weighted by atomic mass is 79.9. The van der Waals surface area contributed by atoms with Crippen LogP contribution in [0.15, 0.2) is 16.7 Å². The molecule has 1 aliphatic carbocycles. The predicted molar refractivity (Wildman–Crippen MR) is 81.3 cm³/mol. The van der Waals surface area contributed by atoms with E-state index in [1.165, 1.54) is 0 Å². The van der Waals surface area contributed by atoms with E-state index in [1.54, 1.807) is 0 Å². The summed E-state index contributed by atoms with van der Waals surface area (Å²) in [5.74, 6) is 0.706. The zero-order chi connectivity index (χ0) is 14.0. The van der Waals surface area contributed by atoms with Crippen molar-refractivity contribution in [3.05, 3.63) is 22.4 Å². The smallest absolute Gasteiger partial charge is 0.270 e. The lowest BCUT2D eigenvalue weighted by Crippen LogP contribution is -2.37. The molecule has 1 aromatic heterocycles. The maximum atomic E-state index is 12.8. The Morgan fingerprint density at radius 3 is 2.74 bits per heavy atom. The Morgan fingerprint density at radius 2 is 2.21 bits per heavy atom. The molecule has 0 saturated heterocycles. The lowest BCUT2D eigenvalue weighted by atomic mass is 10.2. The van der Waals surface area contributed by atoms with E-state index in [0.717, 1.165) is 42.5 Å². The summed E-state index contributed by atoms with van der Waals surface area (Å²) >= 11 is 3.48. The van der Waals surface area contributed by atoms with Crippen molar-refractivity contribution in [1.82, 2.24) is 9.47 Å². The van der Waals surface area contributed by atoms with Crippen molar-refractivity contribution < 1.29 is 4.79 Å². The third kappa shape index (κ3) is 3.62. The molecule has 1 fully saturated rings. The van der Waals surface area contributed by atoms with Crippen molar-refractivity contribution in [2.24, 2.45) is 5.92 Å². The third-order valence-corrected chi connectivity index (χ3v) is 3.79. The van der Waals surface area contributed by atoms with Gasteiger partial charge in [-0.2, -0.15) is 0 Å². The molecule has 0 N–H and O–H groups in total. The number of rotatable bonds is 6. The molecule has 19 heavy (non-hydrogen) atoms. The number of hydrogen-bond donors (Lipinski definition) is 0. The fourth-order valence-electron chi connectivity index (χ4n) is 2.40. The minimum atomic E-state index is 0.190. The topological polar surface area (TPSA) is 25.2 Å². The second-order valence-corrected chi connectivity index (χ2v) is 6.74. The van der Waals surface area contributed by atoms with Crippen LogP contribution in [0.2, 0.25) is 0 Å². The Kier molecular flexibility index (Phi) is 4.71. The Labute approximate surface area is 124 Å². The van der Waals surface area contributed by atoms with Gasteiger partial charge in [-0.25, -0.2) is 0 Å². The zero-order valence-electron chi connectivity index (χ0n) is 12.0. The van der Waals surface area contributed by atoms with Gasteiger partial charge in [0.25, 0.3) is 5.91 Å². The van der Waals surface area contributed by atoms with E-state index in [-0.39, 0.29) is 5.91 Å². The molecule has 4 heteroatoms. The highest BCUT2D eigenvalue weighted by Crippen LogP contribution is 2.30. The highest BCUT2D eigenvalue weighted by molar-refractivity contribution is 9.10. The van der Waals surface area contributed by atoms with Crippen molar-refractivity contribution in [1.29, 1.82) is 0 Å². The predicted octanol–water partition coefficient (Wildman–Crippen LogP) is 3.92. The van der Waals surface area contributed by atoms with Crippen molar-refractivity contribution in [3.8, 4) is 0 Å². The van der Waals surface area contributed by atoms with Crippen LogP contribution in [-0.2, 0) is 6.54 Å². The number of carbonyl (C=O) groups excluding carboxylic acids is 1. The molecule has 0 bridgehead atoms. The Balaban J connectivity index is 2.20. The lowest BCUT2D eigenvalue weighted by molar-refractivity contribution is 0.0711. The van der Waals surface area contributed by atoms with Gasteiger partial charge in [-0.05, 0) is 47.2 Å². The van der Waals surface area contributed by atoms with Gasteiger partial charge in [-0.3, -0.25) is 4.79 Å². The number of hydrogen-bond acceptors (Lipinski definition) is 1. The van der Waals surface area contributed by atoms with Crippen molar-refractivity contribution >= 4 is 21.8 Å².